The summed E-state index contributed by atoms with van der Waals surface area (Å²) in [5.74, 6) is 2.97. The minimum absolute atomic E-state index is 0.140. The van der Waals surface area contributed by atoms with Gasteiger partial charge in [0.1, 0.15) is 5.75 Å². The molecule has 0 radical (unpaired) electrons. The van der Waals surface area contributed by atoms with E-state index in [0.29, 0.717) is 24.5 Å². The van der Waals surface area contributed by atoms with Crippen molar-refractivity contribution in [2.45, 2.75) is 65.3 Å². The summed E-state index contributed by atoms with van der Waals surface area (Å²) >= 11 is 0. The fraction of sp³-hybridized carbons (Fsp3) is 0.692. The number of likely N-dealkylation sites (tertiary alicyclic amines) is 1. The van der Waals surface area contributed by atoms with Crippen LogP contribution in [0.15, 0.2) is 24.5 Å². The van der Waals surface area contributed by atoms with Gasteiger partial charge in [0, 0.05) is 18.8 Å². The Labute approximate surface area is 186 Å². The highest BCUT2D eigenvalue weighted by Gasteiger charge is 2.61. The highest BCUT2D eigenvalue weighted by atomic mass is 16.5. The lowest BCUT2D eigenvalue weighted by Gasteiger charge is -2.57. The lowest BCUT2D eigenvalue weighted by molar-refractivity contribution is -0.0608. The molecule has 6 atom stereocenters. The van der Waals surface area contributed by atoms with Crippen molar-refractivity contribution in [3.8, 4) is 5.75 Å². The number of hydrogen-bond acceptors (Lipinski definition) is 4. The van der Waals surface area contributed by atoms with E-state index in [0.717, 1.165) is 37.5 Å². The predicted molar refractivity (Wildman–Crippen MR) is 121 cm³/mol. The van der Waals surface area contributed by atoms with Gasteiger partial charge in [0.2, 0.25) is 0 Å². The first kappa shape index (κ1) is 20.8. The second-order valence-corrected chi connectivity index (χ2v) is 10.5. The molecule has 1 aromatic rings. The number of pyridine rings is 1. The standard InChI is InChI=1S/C26H36N2O3/c1-5-31-18-14-17(15-27-16-18)20-7-8-21-19-6-9-23-26(3,12-13-28(23)24(29)30-4)22(19)10-11-25(20,21)2/h7,14-16,19,21-23H,5-6,8-13H2,1-4H3. The second-order valence-electron chi connectivity index (χ2n) is 10.5. The van der Waals surface area contributed by atoms with E-state index in [4.69, 9.17) is 9.47 Å². The third-order valence-corrected chi connectivity index (χ3v) is 9.41. The van der Waals surface area contributed by atoms with Gasteiger partial charge in [-0.1, -0.05) is 19.9 Å². The number of carbonyl (C=O) groups excluding carboxylic acids is 1. The van der Waals surface area contributed by atoms with Gasteiger partial charge in [-0.25, -0.2) is 4.79 Å². The van der Waals surface area contributed by atoms with E-state index >= 15 is 0 Å². The van der Waals surface area contributed by atoms with Crippen molar-refractivity contribution in [2.24, 2.45) is 28.6 Å². The van der Waals surface area contributed by atoms with Crippen LogP contribution in [0.5, 0.6) is 5.75 Å². The van der Waals surface area contributed by atoms with E-state index in [-0.39, 0.29) is 16.9 Å². The topological polar surface area (TPSA) is 51.7 Å². The molecule has 5 heteroatoms. The summed E-state index contributed by atoms with van der Waals surface area (Å²) < 4.78 is 10.8. The van der Waals surface area contributed by atoms with Crippen LogP contribution in [0.4, 0.5) is 4.79 Å². The molecule has 0 bridgehead atoms. The van der Waals surface area contributed by atoms with Gasteiger partial charge in [-0.2, -0.15) is 0 Å². The van der Waals surface area contributed by atoms with Gasteiger partial charge in [-0.15, -0.1) is 0 Å². The monoisotopic (exact) mass is 424 g/mol. The second kappa shape index (κ2) is 7.53. The van der Waals surface area contributed by atoms with Crippen molar-refractivity contribution >= 4 is 11.7 Å². The van der Waals surface area contributed by atoms with Crippen molar-refractivity contribution in [3.05, 3.63) is 30.1 Å². The molecule has 3 fully saturated rings. The maximum atomic E-state index is 12.4. The lowest BCUT2D eigenvalue weighted by Crippen LogP contribution is -2.54. The van der Waals surface area contributed by atoms with Gasteiger partial charge in [-0.05, 0) is 91.2 Å². The molecule has 31 heavy (non-hydrogen) atoms. The quantitative estimate of drug-likeness (QED) is 0.638. The van der Waals surface area contributed by atoms with Crippen molar-refractivity contribution in [2.75, 3.05) is 20.3 Å². The zero-order valence-electron chi connectivity index (χ0n) is 19.4. The summed E-state index contributed by atoms with van der Waals surface area (Å²) in [6.45, 7) is 8.47. The zero-order valence-corrected chi connectivity index (χ0v) is 19.4. The summed E-state index contributed by atoms with van der Waals surface area (Å²) in [4.78, 5) is 18.8. The number of amides is 1. The molecule has 2 heterocycles. The normalized spacial score (nSPS) is 38.7. The van der Waals surface area contributed by atoms with E-state index in [1.807, 2.05) is 24.2 Å². The first-order valence-electron chi connectivity index (χ1n) is 12.1. The summed E-state index contributed by atoms with van der Waals surface area (Å²) in [5.41, 5.74) is 3.13. The number of allylic oxidation sites excluding steroid dienone is 2. The number of hydrogen-bond donors (Lipinski definition) is 0. The van der Waals surface area contributed by atoms with E-state index in [1.165, 1.54) is 37.5 Å². The average Bonchev–Trinajstić information content (AvgIpc) is 3.30. The van der Waals surface area contributed by atoms with Gasteiger partial charge in [0.15, 0.2) is 0 Å². The van der Waals surface area contributed by atoms with Crippen LogP contribution in [0, 0.1) is 28.6 Å². The molecule has 1 amide bonds. The highest BCUT2D eigenvalue weighted by Crippen LogP contribution is 2.66. The maximum absolute atomic E-state index is 12.4. The van der Waals surface area contributed by atoms with Gasteiger partial charge < -0.3 is 14.4 Å². The summed E-state index contributed by atoms with van der Waals surface area (Å²) in [7, 11) is 1.51. The molecule has 6 unspecified atom stereocenters. The third-order valence-electron chi connectivity index (χ3n) is 9.41. The van der Waals surface area contributed by atoms with Crippen LogP contribution in [0.3, 0.4) is 0 Å². The molecule has 4 aliphatic rings. The molecule has 3 aliphatic carbocycles. The average molecular weight is 425 g/mol. The molecule has 1 saturated heterocycles. The minimum atomic E-state index is -0.140. The van der Waals surface area contributed by atoms with E-state index in [2.05, 4.69) is 31.0 Å². The Bertz CT molecular complexity index is 898. The summed E-state index contributed by atoms with van der Waals surface area (Å²) in [6, 6.07) is 2.51. The Morgan fingerprint density at radius 2 is 2.03 bits per heavy atom. The van der Waals surface area contributed by atoms with Gasteiger partial charge in [-0.3, -0.25) is 4.98 Å². The molecule has 0 aromatic carbocycles. The molecule has 1 aromatic heterocycles. The van der Waals surface area contributed by atoms with E-state index in [1.54, 1.807) is 0 Å². The number of ether oxygens (including phenoxy) is 2. The van der Waals surface area contributed by atoms with Crippen molar-refractivity contribution in [1.29, 1.82) is 0 Å². The molecule has 0 N–H and O–H groups in total. The van der Waals surface area contributed by atoms with Crippen LogP contribution in [0.25, 0.3) is 5.57 Å². The van der Waals surface area contributed by atoms with Gasteiger partial charge >= 0.3 is 6.09 Å². The van der Waals surface area contributed by atoms with Crippen LogP contribution in [0.2, 0.25) is 0 Å². The SMILES string of the molecule is CCOc1cncc(C2=CCC3C4CCC5N(C(=O)OC)CCC5(C)C4CCC23C)c1. The van der Waals surface area contributed by atoms with Crippen molar-refractivity contribution in [3.63, 3.8) is 0 Å². The van der Waals surface area contributed by atoms with Crippen LogP contribution in [-0.2, 0) is 4.74 Å². The Kier molecular flexibility index (Phi) is 5.06. The smallest absolute Gasteiger partial charge is 0.409 e. The number of nitrogens with zero attached hydrogens (tertiary/aromatic N) is 2. The molecule has 168 valence electrons. The lowest BCUT2D eigenvalue weighted by atomic mass is 9.48. The van der Waals surface area contributed by atoms with Gasteiger partial charge in [0.05, 0.1) is 19.9 Å². The molecule has 5 nitrogen and oxygen atoms in total. The Balaban J connectivity index is 1.40. The Morgan fingerprint density at radius 1 is 1.19 bits per heavy atom. The number of aromatic nitrogens is 1. The minimum Gasteiger partial charge on any atom is -0.492 e. The molecule has 0 spiro atoms. The first-order chi connectivity index (χ1) is 14.9. The maximum Gasteiger partial charge on any atom is 0.409 e. The molecular weight excluding hydrogens is 388 g/mol. The number of carbonyl (C=O) groups is 1. The molecule has 1 aliphatic heterocycles. The zero-order chi connectivity index (χ0) is 21.8. The number of fused-ring (bicyclic) bond motifs is 5. The van der Waals surface area contributed by atoms with E-state index < -0.39 is 0 Å². The van der Waals surface area contributed by atoms with Crippen LogP contribution < -0.4 is 4.74 Å². The fourth-order valence-electron chi connectivity index (χ4n) is 7.98. The molecule has 5 rings (SSSR count). The van der Waals surface area contributed by atoms with Gasteiger partial charge in [0.25, 0.3) is 0 Å². The largest absolute Gasteiger partial charge is 0.492 e. The van der Waals surface area contributed by atoms with Crippen LogP contribution in [0.1, 0.15) is 64.9 Å². The van der Waals surface area contributed by atoms with Crippen molar-refractivity contribution < 1.29 is 14.3 Å². The van der Waals surface area contributed by atoms with Crippen LogP contribution >= 0.6 is 0 Å². The predicted octanol–water partition coefficient (Wildman–Crippen LogP) is 5.56. The molecular formula is C26H36N2O3. The summed E-state index contributed by atoms with van der Waals surface area (Å²) in [5, 5.41) is 0. The number of rotatable bonds is 3. The number of methoxy groups -OCH3 is 1. The Hall–Kier alpha value is -2.04. The van der Waals surface area contributed by atoms with Crippen molar-refractivity contribution in [1.82, 2.24) is 9.88 Å². The molecule has 2 saturated carbocycles. The highest BCUT2D eigenvalue weighted by molar-refractivity contribution is 5.73. The first-order valence-corrected chi connectivity index (χ1v) is 12.1. The summed E-state index contributed by atoms with van der Waals surface area (Å²) in [6.07, 6.45) is 13.2. The third kappa shape index (κ3) is 3.02. The fourth-order valence-corrected chi connectivity index (χ4v) is 7.98. The van der Waals surface area contributed by atoms with E-state index in [9.17, 15) is 4.79 Å². The Morgan fingerprint density at radius 3 is 2.81 bits per heavy atom. The van der Waals surface area contributed by atoms with Crippen LogP contribution in [-0.4, -0.2) is 42.3 Å².